The predicted molar refractivity (Wildman–Crippen MR) is 167 cm³/mol. The number of fused-ring (bicyclic) bond motifs is 1. The van der Waals surface area contributed by atoms with Crippen LogP contribution in [0.1, 0.15) is 28.4 Å². The van der Waals surface area contributed by atoms with Crippen molar-refractivity contribution in [3.63, 3.8) is 0 Å². The van der Waals surface area contributed by atoms with Gasteiger partial charge in [0.2, 0.25) is 0 Å². The number of hydrogen-bond donors (Lipinski definition) is 1. The third-order valence-corrected chi connectivity index (χ3v) is 6.97. The van der Waals surface area contributed by atoms with Gasteiger partial charge in [-0.3, -0.25) is 0 Å². The van der Waals surface area contributed by atoms with Gasteiger partial charge in [-0.25, -0.2) is 19.2 Å². The van der Waals surface area contributed by atoms with Gasteiger partial charge in [0.25, 0.3) is 0 Å². The minimum atomic E-state index is -1.24. The molecule has 1 aliphatic heterocycles. The zero-order valence-electron chi connectivity index (χ0n) is 26.2. The standard InChI is InChI=1S/C35H30O14/c1-41-32(37)45-24-16-28-25(29(17-24)48-33(38)42-2)18-26(36)31(46-28)23-13-14-27(47-34(39)43-19-21-9-5-3-6-10-21)30(15-23)49-35(40)44-20-22-11-7-4-8-12-22/h3-17,26,31,36H,18-20H2,1-2H3/t26-,31-/m1/s1. The first kappa shape index (κ1) is 34.1. The van der Waals surface area contributed by atoms with E-state index in [-0.39, 0.29) is 59.5 Å². The van der Waals surface area contributed by atoms with Gasteiger partial charge in [0.15, 0.2) is 11.5 Å². The second kappa shape index (κ2) is 16.0. The molecule has 49 heavy (non-hydrogen) atoms. The molecular weight excluding hydrogens is 644 g/mol. The third-order valence-electron chi connectivity index (χ3n) is 6.97. The Bertz CT molecular complexity index is 1790. The van der Waals surface area contributed by atoms with Gasteiger partial charge >= 0.3 is 24.6 Å². The summed E-state index contributed by atoms with van der Waals surface area (Å²) >= 11 is 0. The number of ether oxygens (including phenoxy) is 9. The molecule has 0 saturated heterocycles. The first-order valence-electron chi connectivity index (χ1n) is 14.7. The molecule has 1 aliphatic rings. The molecule has 0 bridgehead atoms. The summed E-state index contributed by atoms with van der Waals surface area (Å²) in [6.45, 7) is -0.167. The molecule has 0 amide bonds. The Labute approximate surface area is 279 Å². The molecule has 0 unspecified atom stereocenters. The fourth-order valence-corrected chi connectivity index (χ4v) is 4.68. The van der Waals surface area contributed by atoms with Crippen LogP contribution in [0.2, 0.25) is 0 Å². The van der Waals surface area contributed by atoms with Crippen LogP contribution in [0.4, 0.5) is 19.2 Å². The summed E-state index contributed by atoms with van der Waals surface area (Å²) in [7, 11) is 2.22. The normalized spacial score (nSPS) is 14.6. The van der Waals surface area contributed by atoms with E-state index in [4.69, 9.17) is 33.2 Å². The maximum Gasteiger partial charge on any atom is 0.514 e. The Morgan fingerprint density at radius 3 is 1.80 bits per heavy atom. The molecule has 1 heterocycles. The van der Waals surface area contributed by atoms with Crippen LogP contribution in [-0.2, 0) is 38.6 Å². The molecule has 0 fully saturated rings. The first-order chi connectivity index (χ1) is 23.7. The van der Waals surface area contributed by atoms with E-state index in [0.717, 1.165) is 19.8 Å². The highest BCUT2D eigenvalue weighted by Gasteiger charge is 2.34. The largest absolute Gasteiger partial charge is 0.514 e. The highest BCUT2D eigenvalue weighted by molar-refractivity contribution is 5.70. The monoisotopic (exact) mass is 674 g/mol. The fourth-order valence-electron chi connectivity index (χ4n) is 4.68. The second-order valence-corrected chi connectivity index (χ2v) is 10.3. The van der Waals surface area contributed by atoms with Crippen molar-refractivity contribution in [2.24, 2.45) is 0 Å². The summed E-state index contributed by atoms with van der Waals surface area (Å²) in [6, 6.07) is 24.5. The van der Waals surface area contributed by atoms with Crippen molar-refractivity contribution in [3.05, 3.63) is 113 Å². The Kier molecular flexibility index (Phi) is 11.1. The Balaban J connectivity index is 1.41. The number of benzene rings is 4. The predicted octanol–water partition coefficient (Wildman–Crippen LogP) is 6.45. The topological polar surface area (TPSA) is 172 Å². The van der Waals surface area contributed by atoms with Crippen LogP contribution in [0.15, 0.2) is 91.0 Å². The average molecular weight is 675 g/mol. The Morgan fingerprint density at radius 1 is 0.653 bits per heavy atom. The summed E-state index contributed by atoms with van der Waals surface area (Å²) in [5.41, 5.74) is 1.98. The molecule has 14 nitrogen and oxygen atoms in total. The van der Waals surface area contributed by atoms with Gasteiger partial charge in [-0.05, 0) is 28.8 Å². The molecule has 0 spiro atoms. The minimum Gasteiger partial charge on any atom is -0.482 e. The Hall–Kier alpha value is -6.28. The molecule has 5 rings (SSSR count). The van der Waals surface area contributed by atoms with Crippen molar-refractivity contribution >= 4 is 24.6 Å². The van der Waals surface area contributed by atoms with E-state index in [1.807, 2.05) is 12.1 Å². The summed E-state index contributed by atoms with van der Waals surface area (Å²) < 4.78 is 46.8. The molecule has 0 aliphatic carbocycles. The molecule has 2 atom stereocenters. The number of aliphatic hydroxyl groups is 1. The number of hydrogen-bond acceptors (Lipinski definition) is 14. The van der Waals surface area contributed by atoms with Crippen LogP contribution in [0.25, 0.3) is 0 Å². The molecule has 0 aromatic heterocycles. The highest BCUT2D eigenvalue weighted by Crippen LogP contribution is 2.44. The lowest BCUT2D eigenvalue weighted by Crippen LogP contribution is -2.31. The molecule has 4 aromatic carbocycles. The van der Waals surface area contributed by atoms with E-state index < -0.39 is 36.8 Å². The van der Waals surface area contributed by atoms with Gasteiger partial charge in [-0.1, -0.05) is 66.7 Å². The zero-order valence-corrected chi connectivity index (χ0v) is 26.2. The van der Waals surface area contributed by atoms with Crippen molar-refractivity contribution in [1.29, 1.82) is 0 Å². The summed E-state index contributed by atoms with van der Waals surface area (Å²) in [4.78, 5) is 49.1. The quantitative estimate of drug-likeness (QED) is 0.117. The lowest BCUT2D eigenvalue weighted by atomic mass is 9.94. The minimum absolute atomic E-state index is 0.0715. The summed E-state index contributed by atoms with van der Waals surface area (Å²) in [5, 5.41) is 11.2. The number of methoxy groups -OCH3 is 2. The van der Waals surface area contributed by atoms with Crippen LogP contribution >= 0.6 is 0 Å². The lowest BCUT2D eigenvalue weighted by molar-refractivity contribution is 0.0192. The van der Waals surface area contributed by atoms with Crippen LogP contribution in [-0.4, -0.2) is 50.1 Å². The first-order valence-corrected chi connectivity index (χ1v) is 14.7. The van der Waals surface area contributed by atoms with Crippen molar-refractivity contribution in [2.75, 3.05) is 14.2 Å². The van der Waals surface area contributed by atoms with Crippen LogP contribution in [0.3, 0.4) is 0 Å². The van der Waals surface area contributed by atoms with Crippen molar-refractivity contribution in [3.8, 4) is 28.7 Å². The van der Waals surface area contributed by atoms with E-state index in [0.29, 0.717) is 5.56 Å². The smallest absolute Gasteiger partial charge is 0.482 e. The van der Waals surface area contributed by atoms with Crippen molar-refractivity contribution < 1.29 is 66.9 Å². The summed E-state index contributed by atoms with van der Waals surface area (Å²) in [5.74, 6) is -0.533. The van der Waals surface area contributed by atoms with Gasteiger partial charge in [-0.2, -0.15) is 0 Å². The SMILES string of the molecule is COC(=O)Oc1cc(OC(=O)OC)c2c(c1)O[C@H](c1ccc(OC(=O)OCc3ccccc3)c(OC(=O)OCc3ccccc3)c1)[C@H](O)C2. The number of carbonyl (C=O) groups excluding carboxylic acids is 4. The molecule has 0 saturated carbocycles. The molecule has 0 radical (unpaired) electrons. The Morgan fingerprint density at radius 2 is 1.20 bits per heavy atom. The molecule has 254 valence electrons. The van der Waals surface area contributed by atoms with E-state index in [2.05, 4.69) is 9.47 Å². The van der Waals surface area contributed by atoms with Crippen LogP contribution < -0.4 is 23.7 Å². The van der Waals surface area contributed by atoms with Gasteiger partial charge < -0.3 is 47.7 Å². The maximum atomic E-state index is 12.8. The molecule has 14 heteroatoms. The molecular formula is C35H30O14. The van der Waals surface area contributed by atoms with Gasteiger partial charge in [0.1, 0.15) is 36.6 Å². The molecule has 4 aromatic rings. The van der Waals surface area contributed by atoms with E-state index in [9.17, 15) is 24.3 Å². The fraction of sp³-hybridized carbons (Fsp3) is 0.200. The van der Waals surface area contributed by atoms with E-state index >= 15 is 0 Å². The van der Waals surface area contributed by atoms with Crippen LogP contribution in [0, 0.1) is 0 Å². The van der Waals surface area contributed by atoms with E-state index in [1.54, 1.807) is 48.5 Å². The third kappa shape index (κ3) is 9.17. The molecule has 1 N–H and O–H groups in total. The number of rotatable bonds is 9. The maximum absolute atomic E-state index is 12.8. The average Bonchev–Trinajstić information content (AvgIpc) is 3.11. The highest BCUT2D eigenvalue weighted by atomic mass is 16.8. The second-order valence-electron chi connectivity index (χ2n) is 10.3. The van der Waals surface area contributed by atoms with Crippen molar-refractivity contribution in [1.82, 2.24) is 0 Å². The summed E-state index contributed by atoms with van der Waals surface area (Å²) in [6.07, 6.45) is -6.71. The lowest BCUT2D eigenvalue weighted by Gasteiger charge is -2.32. The number of aliphatic hydroxyl groups excluding tert-OH is 1. The van der Waals surface area contributed by atoms with Crippen LogP contribution in [0.5, 0.6) is 28.7 Å². The number of carbonyl (C=O) groups is 4. The zero-order chi connectivity index (χ0) is 34.8. The van der Waals surface area contributed by atoms with Gasteiger partial charge in [0, 0.05) is 24.1 Å². The van der Waals surface area contributed by atoms with E-state index in [1.165, 1.54) is 30.3 Å². The van der Waals surface area contributed by atoms with Gasteiger partial charge in [-0.15, -0.1) is 0 Å². The van der Waals surface area contributed by atoms with Crippen molar-refractivity contribution in [2.45, 2.75) is 31.8 Å². The van der Waals surface area contributed by atoms with Gasteiger partial charge in [0.05, 0.1) is 20.3 Å².